The van der Waals surface area contributed by atoms with Crippen molar-refractivity contribution in [1.82, 2.24) is 20.1 Å². The van der Waals surface area contributed by atoms with Crippen LogP contribution >= 0.6 is 11.6 Å². The number of nitrogens with zero attached hydrogens (tertiary/aromatic N) is 4. The normalized spacial score (nSPS) is 16.5. The molecular formula is C23H24ClN5O4. The summed E-state index contributed by atoms with van der Waals surface area (Å²) in [6.45, 7) is 2.14. The molecule has 2 amide bonds. The first kappa shape index (κ1) is 22.6. The van der Waals surface area contributed by atoms with Crippen LogP contribution in [0.15, 0.2) is 49.1 Å². The lowest BCUT2D eigenvalue weighted by Crippen LogP contribution is -2.34. The van der Waals surface area contributed by atoms with Gasteiger partial charge in [-0.25, -0.2) is 9.67 Å². The highest BCUT2D eigenvalue weighted by molar-refractivity contribution is 6.32. The molecule has 1 aliphatic heterocycles. The third kappa shape index (κ3) is 4.63. The second-order valence-corrected chi connectivity index (χ2v) is 8.13. The molecule has 33 heavy (non-hydrogen) atoms. The van der Waals surface area contributed by atoms with Crippen molar-refractivity contribution in [2.24, 2.45) is 5.92 Å². The van der Waals surface area contributed by atoms with Crippen molar-refractivity contribution in [3.63, 3.8) is 0 Å². The van der Waals surface area contributed by atoms with E-state index in [1.807, 2.05) is 31.2 Å². The SMILES string of the molecule is COc1cc(OC)c(N2C[C@@H](C(=O)N[C@H](C)c3ccc(-n4cncn4)cc3)CC2=O)cc1Cl. The van der Waals surface area contributed by atoms with Gasteiger partial charge in [-0.05, 0) is 30.7 Å². The summed E-state index contributed by atoms with van der Waals surface area (Å²) in [5.74, 6) is 0.0603. The first-order valence-corrected chi connectivity index (χ1v) is 10.8. The molecular weight excluding hydrogens is 446 g/mol. The van der Waals surface area contributed by atoms with Gasteiger partial charge in [-0.15, -0.1) is 0 Å². The first-order valence-electron chi connectivity index (χ1n) is 10.4. The zero-order valence-corrected chi connectivity index (χ0v) is 19.2. The number of hydrogen-bond donors (Lipinski definition) is 1. The number of nitrogens with one attached hydrogen (secondary N) is 1. The summed E-state index contributed by atoms with van der Waals surface area (Å²) in [5, 5.41) is 7.47. The van der Waals surface area contributed by atoms with Gasteiger partial charge in [-0.2, -0.15) is 5.10 Å². The number of amides is 2. The second-order valence-electron chi connectivity index (χ2n) is 7.73. The Bertz CT molecular complexity index is 1150. The van der Waals surface area contributed by atoms with Crippen molar-refractivity contribution in [3.8, 4) is 17.2 Å². The maximum Gasteiger partial charge on any atom is 0.227 e. The van der Waals surface area contributed by atoms with Crippen LogP contribution in [0.4, 0.5) is 5.69 Å². The van der Waals surface area contributed by atoms with Crippen LogP contribution in [0.2, 0.25) is 5.02 Å². The van der Waals surface area contributed by atoms with E-state index in [0.717, 1.165) is 11.3 Å². The van der Waals surface area contributed by atoms with Gasteiger partial charge in [0.2, 0.25) is 11.8 Å². The number of halogens is 1. The van der Waals surface area contributed by atoms with Crippen molar-refractivity contribution >= 4 is 29.1 Å². The summed E-state index contributed by atoms with van der Waals surface area (Å²) in [5.41, 5.74) is 2.33. The topological polar surface area (TPSA) is 98.6 Å². The molecule has 1 fully saturated rings. The summed E-state index contributed by atoms with van der Waals surface area (Å²) in [4.78, 5) is 31.1. The minimum Gasteiger partial charge on any atom is -0.495 e. The van der Waals surface area contributed by atoms with E-state index in [1.54, 1.807) is 23.1 Å². The van der Waals surface area contributed by atoms with Crippen molar-refractivity contribution in [1.29, 1.82) is 0 Å². The zero-order valence-electron chi connectivity index (χ0n) is 18.5. The van der Waals surface area contributed by atoms with Gasteiger partial charge < -0.3 is 19.7 Å². The molecule has 4 rings (SSSR count). The number of hydrogen-bond acceptors (Lipinski definition) is 6. The standard InChI is InChI=1S/C23H24ClN5O4/c1-14(15-4-6-17(7-5-15)29-13-25-12-26-29)27-23(31)16-8-22(30)28(11-16)19-9-18(24)20(32-2)10-21(19)33-3/h4-7,9-10,12-14,16H,8,11H2,1-3H3,(H,27,31)/t14-,16+/m1/s1. The van der Waals surface area contributed by atoms with Crippen LogP contribution in [-0.2, 0) is 9.59 Å². The summed E-state index contributed by atoms with van der Waals surface area (Å²) >= 11 is 6.26. The highest BCUT2D eigenvalue weighted by Gasteiger charge is 2.37. The summed E-state index contributed by atoms with van der Waals surface area (Å²) in [6.07, 6.45) is 3.20. The van der Waals surface area contributed by atoms with E-state index < -0.39 is 5.92 Å². The van der Waals surface area contributed by atoms with E-state index >= 15 is 0 Å². The average Bonchev–Trinajstić information content (AvgIpc) is 3.49. The maximum absolute atomic E-state index is 12.9. The molecule has 1 N–H and O–H groups in total. The molecule has 0 unspecified atom stereocenters. The molecule has 172 valence electrons. The lowest BCUT2D eigenvalue weighted by molar-refractivity contribution is -0.126. The molecule has 0 bridgehead atoms. The highest BCUT2D eigenvalue weighted by Crippen LogP contribution is 2.40. The van der Waals surface area contributed by atoms with Crippen LogP contribution in [-0.4, -0.2) is 47.3 Å². The molecule has 1 aliphatic rings. The fourth-order valence-corrected chi connectivity index (χ4v) is 4.08. The monoisotopic (exact) mass is 469 g/mol. The number of aromatic nitrogens is 3. The first-order chi connectivity index (χ1) is 15.9. The Hall–Kier alpha value is -3.59. The van der Waals surface area contributed by atoms with Crippen LogP contribution in [0.25, 0.3) is 5.69 Å². The smallest absolute Gasteiger partial charge is 0.227 e. The molecule has 2 atom stereocenters. The van der Waals surface area contributed by atoms with Gasteiger partial charge >= 0.3 is 0 Å². The van der Waals surface area contributed by atoms with Crippen LogP contribution < -0.4 is 19.7 Å². The highest BCUT2D eigenvalue weighted by atomic mass is 35.5. The van der Waals surface area contributed by atoms with Crippen molar-refractivity contribution in [2.45, 2.75) is 19.4 Å². The van der Waals surface area contributed by atoms with E-state index in [1.165, 1.54) is 25.4 Å². The summed E-state index contributed by atoms with van der Waals surface area (Å²) in [7, 11) is 3.01. The number of rotatable bonds is 7. The Kier molecular flexibility index (Phi) is 6.50. The Balaban J connectivity index is 1.44. The maximum atomic E-state index is 12.9. The lowest BCUT2D eigenvalue weighted by Gasteiger charge is -2.21. The minimum absolute atomic E-state index is 0.108. The van der Waals surface area contributed by atoms with Crippen LogP contribution in [0.3, 0.4) is 0 Å². The van der Waals surface area contributed by atoms with Crippen LogP contribution in [0, 0.1) is 5.92 Å². The van der Waals surface area contributed by atoms with Gasteiger partial charge in [0, 0.05) is 19.0 Å². The van der Waals surface area contributed by atoms with Crippen LogP contribution in [0.5, 0.6) is 11.5 Å². The van der Waals surface area contributed by atoms with Gasteiger partial charge in [0.05, 0.1) is 42.6 Å². The van der Waals surface area contributed by atoms with E-state index in [-0.39, 0.29) is 30.8 Å². The number of carbonyl (C=O) groups excluding carboxylic acids is 2. The van der Waals surface area contributed by atoms with Crippen molar-refractivity contribution < 1.29 is 19.1 Å². The summed E-state index contributed by atoms with van der Waals surface area (Å²) in [6, 6.07) is 10.7. The van der Waals surface area contributed by atoms with Crippen LogP contribution in [0.1, 0.15) is 24.9 Å². The Morgan fingerprint density at radius 2 is 1.91 bits per heavy atom. The van der Waals surface area contributed by atoms with Gasteiger partial charge in [0.25, 0.3) is 0 Å². The van der Waals surface area contributed by atoms with E-state index in [4.69, 9.17) is 21.1 Å². The Labute approximate surface area is 196 Å². The predicted octanol–water partition coefficient (Wildman–Crippen LogP) is 3.17. The lowest BCUT2D eigenvalue weighted by atomic mass is 10.0. The molecule has 1 saturated heterocycles. The number of methoxy groups -OCH3 is 2. The molecule has 0 spiro atoms. The fraction of sp³-hybridized carbons (Fsp3) is 0.304. The van der Waals surface area contributed by atoms with Crippen molar-refractivity contribution in [2.75, 3.05) is 25.7 Å². The van der Waals surface area contributed by atoms with Gasteiger partial charge in [0.15, 0.2) is 0 Å². The molecule has 0 aliphatic carbocycles. The van der Waals surface area contributed by atoms with E-state index in [9.17, 15) is 9.59 Å². The third-order valence-electron chi connectivity index (χ3n) is 5.68. The minimum atomic E-state index is -0.486. The predicted molar refractivity (Wildman–Crippen MR) is 123 cm³/mol. The zero-order chi connectivity index (χ0) is 23.5. The quantitative estimate of drug-likeness (QED) is 0.570. The largest absolute Gasteiger partial charge is 0.495 e. The second kappa shape index (κ2) is 9.50. The van der Waals surface area contributed by atoms with Gasteiger partial charge in [-0.3, -0.25) is 9.59 Å². The molecule has 0 radical (unpaired) electrons. The molecule has 1 aromatic heterocycles. The van der Waals surface area contributed by atoms with E-state index in [2.05, 4.69) is 15.4 Å². The molecule has 0 saturated carbocycles. The fourth-order valence-electron chi connectivity index (χ4n) is 3.84. The Morgan fingerprint density at radius 1 is 1.18 bits per heavy atom. The number of ether oxygens (including phenoxy) is 2. The number of carbonyl (C=O) groups is 2. The number of benzene rings is 2. The number of anilines is 1. The molecule has 10 heteroatoms. The van der Waals surface area contributed by atoms with E-state index in [0.29, 0.717) is 22.2 Å². The summed E-state index contributed by atoms with van der Waals surface area (Å²) < 4.78 is 12.3. The average molecular weight is 470 g/mol. The Morgan fingerprint density at radius 3 is 2.55 bits per heavy atom. The van der Waals surface area contributed by atoms with Crippen molar-refractivity contribution in [3.05, 3.63) is 59.6 Å². The third-order valence-corrected chi connectivity index (χ3v) is 5.97. The molecule has 2 heterocycles. The van der Waals surface area contributed by atoms with Gasteiger partial charge in [-0.1, -0.05) is 23.7 Å². The van der Waals surface area contributed by atoms with Gasteiger partial charge in [0.1, 0.15) is 24.2 Å². The molecule has 3 aromatic rings. The molecule has 9 nitrogen and oxygen atoms in total. The molecule has 2 aromatic carbocycles.